The van der Waals surface area contributed by atoms with Gasteiger partial charge in [0.1, 0.15) is 12.4 Å². The Labute approximate surface area is 155 Å². The van der Waals surface area contributed by atoms with Crippen molar-refractivity contribution in [3.8, 4) is 5.82 Å². The van der Waals surface area contributed by atoms with E-state index in [4.69, 9.17) is 0 Å². The average Bonchev–Trinajstić information content (AvgIpc) is 3.37. The largest absolute Gasteiger partial charge is 0.367 e. The van der Waals surface area contributed by atoms with Crippen molar-refractivity contribution in [3.05, 3.63) is 61.2 Å². The molecule has 0 saturated heterocycles. The fourth-order valence-electron chi connectivity index (χ4n) is 2.69. The van der Waals surface area contributed by atoms with Crippen LogP contribution < -0.4 is 10.6 Å². The molecule has 3 heterocycles. The van der Waals surface area contributed by atoms with E-state index in [2.05, 4.69) is 30.9 Å². The van der Waals surface area contributed by atoms with Gasteiger partial charge in [-0.1, -0.05) is 12.1 Å². The standard InChI is InChI=1S/C18H18N8O/c27-18(12-25-13-21-14-4-1-2-5-15(14)25)20-10-9-19-16-6-7-17(24-23-16)26-11-3-8-22-26/h1-8,11,13H,9-10,12H2,(H,19,23)(H,20,27). The predicted molar refractivity (Wildman–Crippen MR) is 100 cm³/mol. The molecule has 2 N–H and O–H groups in total. The molecule has 0 atom stereocenters. The average molecular weight is 362 g/mol. The van der Waals surface area contributed by atoms with Gasteiger partial charge in [0, 0.05) is 25.5 Å². The molecule has 9 heteroatoms. The Morgan fingerprint density at radius 1 is 1.04 bits per heavy atom. The zero-order valence-electron chi connectivity index (χ0n) is 14.5. The summed E-state index contributed by atoms with van der Waals surface area (Å²) < 4.78 is 3.47. The molecule has 4 aromatic rings. The van der Waals surface area contributed by atoms with Gasteiger partial charge in [0.15, 0.2) is 5.82 Å². The number of para-hydroxylation sites is 2. The summed E-state index contributed by atoms with van der Waals surface area (Å²) in [6.07, 6.45) is 5.17. The van der Waals surface area contributed by atoms with Crippen LogP contribution in [0, 0.1) is 0 Å². The summed E-state index contributed by atoms with van der Waals surface area (Å²) in [7, 11) is 0. The Hall–Kier alpha value is -3.75. The number of carbonyl (C=O) groups excluding carboxylic acids is 1. The molecule has 1 aromatic carbocycles. The van der Waals surface area contributed by atoms with Gasteiger partial charge in [0.25, 0.3) is 0 Å². The first kappa shape index (κ1) is 16.7. The summed E-state index contributed by atoms with van der Waals surface area (Å²) in [5.41, 5.74) is 1.82. The molecule has 9 nitrogen and oxygen atoms in total. The lowest BCUT2D eigenvalue weighted by molar-refractivity contribution is -0.121. The number of nitrogens with zero attached hydrogens (tertiary/aromatic N) is 6. The Morgan fingerprint density at radius 2 is 1.96 bits per heavy atom. The number of imidazole rings is 1. The van der Waals surface area contributed by atoms with Gasteiger partial charge in [-0.25, -0.2) is 9.67 Å². The lowest BCUT2D eigenvalue weighted by Crippen LogP contribution is -2.31. The monoisotopic (exact) mass is 362 g/mol. The molecule has 0 aliphatic heterocycles. The third kappa shape index (κ3) is 3.92. The van der Waals surface area contributed by atoms with Crippen LogP contribution in [0.4, 0.5) is 5.82 Å². The van der Waals surface area contributed by atoms with E-state index in [0.717, 1.165) is 11.0 Å². The summed E-state index contributed by atoms with van der Waals surface area (Å²) >= 11 is 0. The maximum atomic E-state index is 12.1. The van der Waals surface area contributed by atoms with Crippen LogP contribution in [0.25, 0.3) is 16.9 Å². The van der Waals surface area contributed by atoms with Gasteiger partial charge in [-0.15, -0.1) is 10.2 Å². The number of nitrogens with one attached hydrogen (secondary N) is 2. The molecule has 0 unspecified atom stereocenters. The normalized spacial score (nSPS) is 10.8. The fraction of sp³-hybridized carbons (Fsp3) is 0.167. The first-order chi connectivity index (χ1) is 13.3. The molecule has 0 saturated carbocycles. The van der Waals surface area contributed by atoms with Gasteiger partial charge < -0.3 is 15.2 Å². The third-order valence-corrected chi connectivity index (χ3v) is 3.98. The highest BCUT2D eigenvalue weighted by atomic mass is 16.1. The number of amides is 1. The number of fused-ring (bicyclic) bond motifs is 1. The van der Waals surface area contributed by atoms with Crippen LogP contribution in [-0.4, -0.2) is 48.5 Å². The topological polar surface area (TPSA) is 103 Å². The second kappa shape index (κ2) is 7.65. The first-order valence-electron chi connectivity index (χ1n) is 8.54. The number of carbonyl (C=O) groups is 1. The van der Waals surface area contributed by atoms with Crippen molar-refractivity contribution in [2.75, 3.05) is 18.4 Å². The highest BCUT2D eigenvalue weighted by Gasteiger charge is 2.06. The SMILES string of the molecule is O=C(Cn1cnc2ccccc21)NCCNc1ccc(-n2cccn2)nn1. The minimum atomic E-state index is -0.0694. The Morgan fingerprint density at radius 3 is 2.78 bits per heavy atom. The summed E-state index contributed by atoms with van der Waals surface area (Å²) in [5, 5.41) is 18.3. The molecule has 0 aliphatic rings. The lowest BCUT2D eigenvalue weighted by Gasteiger charge is -2.08. The van der Waals surface area contributed by atoms with Gasteiger partial charge >= 0.3 is 0 Å². The smallest absolute Gasteiger partial charge is 0.240 e. The molecule has 0 radical (unpaired) electrons. The van der Waals surface area contributed by atoms with Crippen molar-refractivity contribution in [1.29, 1.82) is 0 Å². The number of anilines is 1. The molecule has 4 rings (SSSR count). The zero-order valence-corrected chi connectivity index (χ0v) is 14.5. The van der Waals surface area contributed by atoms with Crippen molar-refractivity contribution >= 4 is 22.8 Å². The first-order valence-corrected chi connectivity index (χ1v) is 8.54. The van der Waals surface area contributed by atoms with Gasteiger partial charge in [0.05, 0.1) is 17.4 Å². The second-order valence-electron chi connectivity index (χ2n) is 5.87. The zero-order chi connectivity index (χ0) is 18.5. The maximum Gasteiger partial charge on any atom is 0.240 e. The van der Waals surface area contributed by atoms with Crippen LogP contribution in [0.5, 0.6) is 0 Å². The molecule has 1 amide bonds. The maximum absolute atomic E-state index is 12.1. The van der Waals surface area contributed by atoms with Crippen LogP contribution >= 0.6 is 0 Å². The lowest BCUT2D eigenvalue weighted by atomic mass is 10.3. The summed E-state index contributed by atoms with van der Waals surface area (Å²) in [6.45, 7) is 1.26. The molecule has 3 aromatic heterocycles. The van der Waals surface area contributed by atoms with Crippen molar-refractivity contribution in [2.24, 2.45) is 0 Å². The van der Waals surface area contributed by atoms with E-state index in [-0.39, 0.29) is 12.5 Å². The number of benzene rings is 1. The predicted octanol–water partition coefficient (Wildman–Crippen LogP) is 1.24. The van der Waals surface area contributed by atoms with Crippen molar-refractivity contribution < 1.29 is 4.79 Å². The third-order valence-electron chi connectivity index (χ3n) is 3.98. The summed E-state index contributed by atoms with van der Waals surface area (Å²) in [6, 6.07) is 13.2. The summed E-state index contributed by atoms with van der Waals surface area (Å²) in [5.74, 6) is 1.22. The van der Waals surface area contributed by atoms with Crippen LogP contribution in [-0.2, 0) is 11.3 Å². The Bertz CT molecular complexity index is 1020. The highest BCUT2D eigenvalue weighted by Crippen LogP contribution is 2.11. The van der Waals surface area contributed by atoms with E-state index in [1.165, 1.54) is 0 Å². The van der Waals surface area contributed by atoms with Gasteiger partial charge in [0.2, 0.25) is 5.91 Å². The minimum Gasteiger partial charge on any atom is -0.367 e. The molecule has 27 heavy (non-hydrogen) atoms. The molecule has 136 valence electrons. The molecule has 0 bridgehead atoms. The van der Waals surface area contributed by atoms with E-state index >= 15 is 0 Å². The van der Waals surface area contributed by atoms with Crippen LogP contribution in [0.1, 0.15) is 0 Å². The van der Waals surface area contributed by atoms with Crippen LogP contribution in [0.15, 0.2) is 61.2 Å². The van der Waals surface area contributed by atoms with Gasteiger partial charge in [-0.2, -0.15) is 5.10 Å². The Balaban J connectivity index is 1.23. The van der Waals surface area contributed by atoms with E-state index in [1.807, 2.05) is 47.0 Å². The fourth-order valence-corrected chi connectivity index (χ4v) is 2.69. The van der Waals surface area contributed by atoms with Crippen molar-refractivity contribution in [1.82, 2.24) is 34.8 Å². The number of hydrogen-bond donors (Lipinski definition) is 2. The van der Waals surface area contributed by atoms with Crippen LogP contribution in [0.2, 0.25) is 0 Å². The minimum absolute atomic E-state index is 0.0694. The number of aromatic nitrogens is 6. The molecule has 0 spiro atoms. The summed E-state index contributed by atoms with van der Waals surface area (Å²) in [4.78, 5) is 16.4. The van der Waals surface area contributed by atoms with E-state index in [0.29, 0.717) is 24.7 Å². The molecular formula is C18H18N8O. The van der Waals surface area contributed by atoms with Gasteiger partial charge in [-0.3, -0.25) is 4.79 Å². The van der Waals surface area contributed by atoms with Crippen molar-refractivity contribution in [3.63, 3.8) is 0 Å². The highest BCUT2D eigenvalue weighted by molar-refractivity contribution is 5.80. The second-order valence-corrected chi connectivity index (χ2v) is 5.87. The van der Waals surface area contributed by atoms with E-state index in [1.54, 1.807) is 23.4 Å². The molecule has 0 fully saturated rings. The Kier molecular flexibility index (Phi) is 4.73. The van der Waals surface area contributed by atoms with E-state index in [9.17, 15) is 4.79 Å². The van der Waals surface area contributed by atoms with Gasteiger partial charge in [-0.05, 0) is 30.3 Å². The quantitative estimate of drug-likeness (QED) is 0.480. The van der Waals surface area contributed by atoms with E-state index < -0.39 is 0 Å². The number of hydrogen-bond acceptors (Lipinski definition) is 6. The molecule has 0 aliphatic carbocycles. The molecular weight excluding hydrogens is 344 g/mol. The van der Waals surface area contributed by atoms with Crippen molar-refractivity contribution in [2.45, 2.75) is 6.54 Å². The number of rotatable bonds is 7. The van der Waals surface area contributed by atoms with Crippen LogP contribution in [0.3, 0.4) is 0 Å².